The highest BCUT2D eigenvalue weighted by molar-refractivity contribution is 5.77. The highest BCUT2D eigenvalue weighted by Gasteiger charge is 2.31. The van der Waals surface area contributed by atoms with Crippen molar-refractivity contribution >= 4 is 17.3 Å². The largest absolute Gasteiger partial charge is 0.495 e. The maximum Gasteiger partial charge on any atom is 0.222 e. The summed E-state index contributed by atoms with van der Waals surface area (Å²) in [6.45, 7) is 5.67. The molecule has 3 heterocycles. The van der Waals surface area contributed by atoms with Gasteiger partial charge in [0.2, 0.25) is 5.91 Å². The number of aromatic nitrogens is 1. The van der Waals surface area contributed by atoms with E-state index in [-0.39, 0.29) is 5.91 Å². The van der Waals surface area contributed by atoms with Gasteiger partial charge in [-0.3, -0.25) is 4.79 Å². The van der Waals surface area contributed by atoms with Crippen LogP contribution in [0.5, 0.6) is 5.75 Å². The zero-order chi connectivity index (χ0) is 26.3. The number of piperazine rings is 1. The van der Waals surface area contributed by atoms with Crippen molar-refractivity contribution in [3.05, 3.63) is 72.1 Å². The van der Waals surface area contributed by atoms with Crippen molar-refractivity contribution < 1.29 is 14.1 Å². The minimum Gasteiger partial charge on any atom is -0.495 e. The van der Waals surface area contributed by atoms with Gasteiger partial charge in [-0.25, -0.2) is 0 Å². The van der Waals surface area contributed by atoms with Crippen molar-refractivity contribution in [2.24, 2.45) is 11.8 Å². The minimum absolute atomic E-state index is 0.270. The molecule has 0 saturated carbocycles. The van der Waals surface area contributed by atoms with Gasteiger partial charge in [-0.15, -0.1) is 0 Å². The number of anilines is 2. The minimum atomic E-state index is 0.270. The van der Waals surface area contributed by atoms with Crippen LogP contribution >= 0.6 is 0 Å². The Morgan fingerprint density at radius 2 is 1.84 bits per heavy atom. The van der Waals surface area contributed by atoms with Gasteiger partial charge in [0.25, 0.3) is 0 Å². The van der Waals surface area contributed by atoms with Crippen molar-refractivity contribution in [2.45, 2.75) is 25.8 Å². The average molecular weight is 518 g/mol. The molecule has 2 saturated heterocycles. The number of piperidine rings is 1. The predicted molar refractivity (Wildman–Crippen MR) is 150 cm³/mol. The molecule has 2 fully saturated rings. The quantitative estimate of drug-likeness (QED) is 0.463. The van der Waals surface area contributed by atoms with E-state index in [9.17, 15) is 4.79 Å². The first-order valence-electron chi connectivity index (χ1n) is 13.7. The van der Waals surface area contributed by atoms with E-state index in [1.165, 1.54) is 0 Å². The van der Waals surface area contributed by atoms with Crippen LogP contribution in [0.1, 0.15) is 24.3 Å². The fraction of sp³-hybridized carbons (Fsp3) is 0.467. The fourth-order valence-electron chi connectivity index (χ4n) is 5.73. The Labute approximate surface area is 225 Å². The third-order valence-corrected chi connectivity index (χ3v) is 7.93. The van der Waals surface area contributed by atoms with Gasteiger partial charge in [0.05, 0.1) is 25.0 Å². The molecule has 0 unspecified atom stereocenters. The molecule has 0 radical (unpaired) electrons. The summed E-state index contributed by atoms with van der Waals surface area (Å²) in [6.07, 6.45) is 2.44. The first-order valence-corrected chi connectivity index (χ1v) is 13.7. The van der Waals surface area contributed by atoms with Gasteiger partial charge >= 0.3 is 0 Å². The molecule has 1 N–H and O–H groups in total. The summed E-state index contributed by atoms with van der Waals surface area (Å²) >= 11 is 0. The molecule has 202 valence electrons. The molecule has 3 aromatic rings. The number of carbonyl (C=O) groups is 1. The summed E-state index contributed by atoms with van der Waals surface area (Å²) in [6, 6.07) is 20.4. The fourth-order valence-corrected chi connectivity index (χ4v) is 5.73. The number of amides is 1. The molecule has 0 bridgehead atoms. The molecule has 1 aromatic heterocycles. The van der Waals surface area contributed by atoms with Gasteiger partial charge in [-0.05, 0) is 62.0 Å². The van der Waals surface area contributed by atoms with E-state index in [0.29, 0.717) is 24.8 Å². The van der Waals surface area contributed by atoms with Gasteiger partial charge in [0.15, 0.2) is 5.76 Å². The van der Waals surface area contributed by atoms with E-state index in [1.807, 2.05) is 41.3 Å². The van der Waals surface area contributed by atoms with Gasteiger partial charge in [0.1, 0.15) is 5.75 Å². The Hall–Kier alpha value is -3.52. The van der Waals surface area contributed by atoms with Crippen LogP contribution in [0.2, 0.25) is 0 Å². The van der Waals surface area contributed by atoms with E-state index in [1.54, 1.807) is 7.11 Å². The second-order valence-electron chi connectivity index (χ2n) is 10.4. The zero-order valence-corrected chi connectivity index (χ0v) is 22.5. The van der Waals surface area contributed by atoms with Gasteiger partial charge < -0.3 is 29.3 Å². The van der Waals surface area contributed by atoms with Crippen LogP contribution in [-0.2, 0) is 17.8 Å². The molecule has 38 heavy (non-hydrogen) atoms. The second kappa shape index (κ2) is 12.3. The summed E-state index contributed by atoms with van der Waals surface area (Å²) in [4.78, 5) is 19.8. The number of carbonyl (C=O) groups excluding carboxylic acids is 1. The Kier molecular flexibility index (Phi) is 8.48. The molecule has 2 aliphatic heterocycles. The number of hydrogen-bond donors (Lipinski definition) is 1. The van der Waals surface area contributed by atoms with Crippen LogP contribution in [0.15, 0.2) is 65.2 Å². The van der Waals surface area contributed by atoms with Crippen LogP contribution in [0.4, 0.5) is 11.4 Å². The molecule has 5 rings (SSSR count). The van der Waals surface area contributed by atoms with Gasteiger partial charge in [-0.2, -0.15) is 0 Å². The first kappa shape index (κ1) is 26.1. The first-order chi connectivity index (χ1) is 18.6. The highest BCUT2D eigenvalue weighted by atomic mass is 16.5. The van der Waals surface area contributed by atoms with Crippen molar-refractivity contribution in [3.8, 4) is 5.75 Å². The smallest absolute Gasteiger partial charge is 0.222 e. The Balaban J connectivity index is 1.14. The molecular weight excluding hydrogens is 478 g/mol. The molecule has 8 heteroatoms. The predicted octanol–water partition coefficient (Wildman–Crippen LogP) is 3.83. The van der Waals surface area contributed by atoms with Crippen molar-refractivity contribution in [3.63, 3.8) is 0 Å². The number of nitrogens with zero attached hydrogens (tertiary/aromatic N) is 4. The summed E-state index contributed by atoms with van der Waals surface area (Å²) in [7, 11) is 3.76. The highest BCUT2D eigenvalue weighted by Crippen LogP contribution is 2.30. The monoisotopic (exact) mass is 517 g/mol. The van der Waals surface area contributed by atoms with E-state index >= 15 is 0 Å². The Morgan fingerprint density at radius 1 is 1.08 bits per heavy atom. The molecule has 2 aromatic carbocycles. The van der Waals surface area contributed by atoms with E-state index in [2.05, 4.69) is 51.6 Å². The number of benzene rings is 2. The molecular formula is C30H39N5O3. The second-order valence-corrected chi connectivity index (χ2v) is 10.4. The number of ether oxygens (including phenoxy) is 1. The van der Waals surface area contributed by atoms with Crippen molar-refractivity contribution in [1.29, 1.82) is 0 Å². The summed E-state index contributed by atoms with van der Waals surface area (Å²) < 4.78 is 11.2. The third kappa shape index (κ3) is 6.30. The van der Waals surface area contributed by atoms with Crippen LogP contribution in [0, 0.1) is 11.8 Å². The van der Waals surface area contributed by atoms with Crippen LogP contribution in [0.3, 0.4) is 0 Å². The SMILES string of the molecule is COc1ccccc1N1CCN(C(=O)C[C@@H]2CCNC[C@@H]2Cc2cc(CN(C)c3ccccc3)on2)CC1. The lowest BCUT2D eigenvalue weighted by Crippen LogP contribution is -2.50. The van der Waals surface area contributed by atoms with Crippen LogP contribution in [0.25, 0.3) is 0 Å². The number of para-hydroxylation sites is 3. The normalized spacial score (nSPS) is 19.8. The molecule has 2 aliphatic rings. The lowest BCUT2D eigenvalue weighted by atomic mass is 9.81. The topological polar surface area (TPSA) is 74.1 Å². The third-order valence-electron chi connectivity index (χ3n) is 7.93. The van der Waals surface area contributed by atoms with E-state index in [4.69, 9.17) is 9.26 Å². The van der Waals surface area contributed by atoms with E-state index in [0.717, 1.165) is 80.7 Å². The Bertz CT molecular complexity index is 1180. The van der Waals surface area contributed by atoms with Crippen LogP contribution in [-0.4, -0.2) is 69.4 Å². The maximum atomic E-state index is 13.3. The lowest BCUT2D eigenvalue weighted by molar-refractivity contribution is -0.133. The van der Waals surface area contributed by atoms with Gasteiger partial charge in [0, 0.05) is 51.4 Å². The molecule has 8 nitrogen and oxygen atoms in total. The standard InChI is InChI=1S/C30H39N5O3/c1-33(26-8-4-3-5-9-26)22-27-20-25(32-38-27)18-24-21-31-13-12-23(24)19-30(36)35-16-14-34(15-17-35)28-10-6-7-11-29(28)37-2/h3-11,20,23-24,31H,12-19,21-22H2,1-2H3/t23-,24-/m0/s1. The average Bonchev–Trinajstić information content (AvgIpc) is 3.41. The van der Waals surface area contributed by atoms with Crippen molar-refractivity contribution in [2.75, 3.05) is 63.2 Å². The number of methoxy groups -OCH3 is 1. The maximum absolute atomic E-state index is 13.3. The summed E-state index contributed by atoms with van der Waals surface area (Å²) in [5.41, 5.74) is 3.21. The van der Waals surface area contributed by atoms with Crippen LogP contribution < -0.4 is 19.9 Å². The number of hydrogen-bond acceptors (Lipinski definition) is 7. The van der Waals surface area contributed by atoms with E-state index < -0.39 is 0 Å². The molecule has 0 spiro atoms. The Morgan fingerprint density at radius 3 is 2.63 bits per heavy atom. The lowest BCUT2D eigenvalue weighted by Gasteiger charge is -2.38. The molecule has 0 aliphatic carbocycles. The summed E-state index contributed by atoms with van der Waals surface area (Å²) in [5, 5.41) is 7.89. The van der Waals surface area contributed by atoms with Crippen molar-refractivity contribution in [1.82, 2.24) is 15.4 Å². The molecule has 1 amide bonds. The van der Waals surface area contributed by atoms with Gasteiger partial charge in [-0.1, -0.05) is 35.5 Å². The number of nitrogens with one attached hydrogen (secondary N) is 1. The summed E-state index contributed by atoms with van der Waals surface area (Å²) in [5.74, 6) is 2.73. The molecule has 2 atom stereocenters. The number of rotatable bonds is 9. The zero-order valence-electron chi connectivity index (χ0n) is 22.5.